The van der Waals surface area contributed by atoms with Crippen molar-refractivity contribution in [1.29, 1.82) is 0 Å². The largest absolute Gasteiger partial charge is 0.304 e. The molecule has 0 aliphatic heterocycles. The second kappa shape index (κ2) is 6.66. The molecule has 2 rings (SSSR count). The van der Waals surface area contributed by atoms with E-state index in [-0.39, 0.29) is 11.5 Å². The number of hydrogen-bond acceptors (Lipinski definition) is 3. The number of halogens is 2. The zero-order valence-corrected chi connectivity index (χ0v) is 15.0. The van der Waals surface area contributed by atoms with Gasteiger partial charge in [0.1, 0.15) is 0 Å². The second-order valence-electron chi connectivity index (χ2n) is 6.16. The first-order valence-corrected chi connectivity index (χ1v) is 8.54. The average Bonchev–Trinajstić information content (AvgIpc) is 2.84. The van der Waals surface area contributed by atoms with Crippen molar-refractivity contribution in [2.75, 3.05) is 0 Å². The smallest absolute Gasteiger partial charge is 0.0982 e. The fourth-order valence-corrected chi connectivity index (χ4v) is 3.43. The van der Waals surface area contributed by atoms with Crippen LogP contribution in [0.3, 0.4) is 0 Å². The van der Waals surface area contributed by atoms with E-state index in [0.29, 0.717) is 10.0 Å². The minimum atomic E-state index is 0.105. The van der Waals surface area contributed by atoms with Crippen LogP contribution in [0.25, 0.3) is 0 Å². The Bertz CT molecular complexity index is 617. The summed E-state index contributed by atoms with van der Waals surface area (Å²) in [6, 6.07) is 5.75. The predicted molar refractivity (Wildman–Crippen MR) is 92.5 cm³/mol. The molecule has 0 radical (unpaired) electrons. The van der Waals surface area contributed by atoms with Crippen LogP contribution in [-0.2, 0) is 12.0 Å². The zero-order valence-electron chi connectivity index (χ0n) is 12.7. The Hall–Kier alpha value is -0.610. The van der Waals surface area contributed by atoms with Crippen LogP contribution in [0.15, 0.2) is 23.6 Å². The van der Waals surface area contributed by atoms with Crippen LogP contribution in [-0.4, -0.2) is 4.98 Å². The van der Waals surface area contributed by atoms with Crippen molar-refractivity contribution in [1.82, 2.24) is 10.3 Å². The maximum absolute atomic E-state index is 6.23. The summed E-state index contributed by atoms with van der Waals surface area (Å²) in [5.74, 6) is 0. The van der Waals surface area contributed by atoms with E-state index in [4.69, 9.17) is 23.2 Å². The molecule has 0 bridgehead atoms. The molecule has 0 saturated carbocycles. The molecule has 0 saturated heterocycles. The van der Waals surface area contributed by atoms with E-state index >= 15 is 0 Å². The summed E-state index contributed by atoms with van der Waals surface area (Å²) in [5.41, 5.74) is 2.22. The molecule has 114 valence electrons. The average molecular weight is 343 g/mol. The summed E-state index contributed by atoms with van der Waals surface area (Å²) in [4.78, 5) is 4.69. The van der Waals surface area contributed by atoms with E-state index in [2.05, 4.69) is 43.4 Å². The maximum atomic E-state index is 6.23. The number of hydrogen-bond donors (Lipinski definition) is 1. The Labute approximate surface area is 140 Å². The van der Waals surface area contributed by atoms with Crippen LogP contribution in [0.4, 0.5) is 0 Å². The van der Waals surface area contributed by atoms with Gasteiger partial charge in [-0.25, -0.2) is 4.98 Å². The van der Waals surface area contributed by atoms with Crippen LogP contribution >= 0.6 is 34.5 Å². The van der Waals surface area contributed by atoms with Crippen LogP contribution in [0, 0.1) is 0 Å². The number of nitrogens with one attached hydrogen (secondary N) is 1. The van der Waals surface area contributed by atoms with Crippen molar-refractivity contribution in [3.63, 3.8) is 0 Å². The van der Waals surface area contributed by atoms with E-state index in [1.54, 1.807) is 17.4 Å². The first-order valence-electron chi connectivity index (χ1n) is 6.90. The number of benzene rings is 1. The highest BCUT2D eigenvalue weighted by Gasteiger charge is 2.18. The van der Waals surface area contributed by atoms with Gasteiger partial charge in [0.15, 0.2) is 0 Å². The molecule has 1 atom stereocenters. The minimum absolute atomic E-state index is 0.105. The van der Waals surface area contributed by atoms with Gasteiger partial charge in [-0.1, -0.05) is 50.0 Å². The normalized spacial score (nSPS) is 13.4. The first-order chi connectivity index (χ1) is 9.77. The van der Waals surface area contributed by atoms with Gasteiger partial charge in [-0.15, -0.1) is 11.3 Å². The summed E-state index contributed by atoms with van der Waals surface area (Å²) in [7, 11) is 0. The molecule has 1 unspecified atom stereocenters. The van der Waals surface area contributed by atoms with Gasteiger partial charge in [0.2, 0.25) is 0 Å². The number of thiazole rings is 1. The molecule has 1 aromatic carbocycles. The Morgan fingerprint density at radius 3 is 2.57 bits per heavy atom. The van der Waals surface area contributed by atoms with Gasteiger partial charge >= 0.3 is 0 Å². The van der Waals surface area contributed by atoms with Crippen molar-refractivity contribution < 1.29 is 0 Å². The fourth-order valence-electron chi connectivity index (χ4n) is 1.95. The van der Waals surface area contributed by atoms with E-state index in [1.165, 1.54) is 0 Å². The van der Waals surface area contributed by atoms with Crippen molar-refractivity contribution in [3.05, 3.63) is 49.9 Å². The van der Waals surface area contributed by atoms with E-state index in [0.717, 1.165) is 22.8 Å². The summed E-state index contributed by atoms with van der Waals surface area (Å²) >= 11 is 13.9. The highest BCUT2D eigenvalue weighted by atomic mass is 35.5. The molecule has 0 amide bonds. The van der Waals surface area contributed by atoms with Gasteiger partial charge in [-0.3, -0.25) is 0 Å². The summed E-state index contributed by atoms with van der Waals surface area (Å²) < 4.78 is 0. The quantitative estimate of drug-likeness (QED) is 0.782. The minimum Gasteiger partial charge on any atom is -0.304 e. The lowest BCUT2D eigenvalue weighted by Crippen LogP contribution is -2.19. The Morgan fingerprint density at radius 1 is 1.29 bits per heavy atom. The fraction of sp³-hybridized carbons (Fsp3) is 0.438. The molecule has 0 aliphatic rings. The standard InChI is InChI=1S/C16H20Cl2N2S/c1-10(13-6-5-11(17)7-14(13)18)19-8-12-9-21-15(20-12)16(2,3)4/h5-7,9-10,19H,8H2,1-4H3. The summed E-state index contributed by atoms with van der Waals surface area (Å²) in [5, 5.41) is 8.08. The topological polar surface area (TPSA) is 24.9 Å². The first kappa shape index (κ1) is 16.8. The van der Waals surface area contributed by atoms with Crippen LogP contribution in [0.2, 0.25) is 10.0 Å². The number of aromatic nitrogens is 1. The third-order valence-corrected chi connectivity index (χ3v) is 5.09. The number of nitrogens with zero attached hydrogens (tertiary/aromatic N) is 1. The van der Waals surface area contributed by atoms with Gasteiger partial charge in [-0.05, 0) is 24.6 Å². The van der Waals surface area contributed by atoms with Gasteiger partial charge in [0, 0.05) is 33.4 Å². The van der Waals surface area contributed by atoms with Crippen LogP contribution < -0.4 is 5.32 Å². The molecule has 1 aromatic heterocycles. The monoisotopic (exact) mass is 342 g/mol. The van der Waals surface area contributed by atoms with E-state index in [1.807, 2.05) is 12.1 Å². The lowest BCUT2D eigenvalue weighted by Gasteiger charge is -2.16. The molecule has 1 heterocycles. The lowest BCUT2D eigenvalue weighted by molar-refractivity contribution is 0.556. The van der Waals surface area contributed by atoms with Crippen molar-refractivity contribution in [2.24, 2.45) is 0 Å². The van der Waals surface area contributed by atoms with Crippen molar-refractivity contribution in [3.8, 4) is 0 Å². The number of rotatable bonds is 4. The van der Waals surface area contributed by atoms with Gasteiger partial charge in [-0.2, -0.15) is 0 Å². The molecular weight excluding hydrogens is 323 g/mol. The van der Waals surface area contributed by atoms with Gasteiger partial charge in [0.25, 0.3) is 0 Å². The molecule has 2 aromatic rings. The SMILES string of the molecule is CC(NCc1csc(C(C)(C)C)n1)c1ccc(Cl)cc1Cl. The predicted octanol–water partition coefficient (Wildman–Crippen LogP) is 5.60. The Kier molecular flexibility index (Phi) is 5.31. The molecule has 0 fully saturated rings. The van der Waals surface area contributed by atoms with Crippen molar-refractivity contribution in [2.45, 2.75) is 45.7 Å². The molecule has 0 aliphatic carbocycles. The molecule has 1 N–H and O–H groups in total. The van der Waals surface area contributed by atoms with E-state index in [9.17, 15) is 0 Å². The molecular formula is C16H20Cl2N2S. The molecule has 5 heteroatoms. The van der Waals surface area contributed by atoms with Gasteiger partial charge in [0.05, 0.1) is 10.7 Å². The summed E-state index contributed by atoms with van der Waals surface area (Å²) in [6.45, 7) is 9.36. The molecule has 2 nitrogen and oxygen atoms in total. The highest BCUT2D eigenvalue weighted by molar-refractivity contribution is 7.09. The summed E-state index contributed by atoms with van der Waals surface area (Å²) in [6.07, 6.45) is 0. The van der Waals surface area contributed by atoms with Crippen LogP contribution in [0.1, 0.15) is 50.0 Å². The van der Waals surface area contributed by atoms with Crippen molar-refractivity contribution >= 4 is 34.5 Å². The van der Waals surface area contributed by atoms with E-state index < -0.39 is 0 Å². The Balaban J connectivity index is 2.01. The second-order valence-corrected chi connectivity index (χ2v) is 7.86. The lowest BCUT2D eigenvalue weighted by atomic mass is 9.98. The maximum Gasteiger partial charge on any atom is 0.0982 e. The van der Waals surface area contributed by atoms with Gasteiger partial charge < -0.3 is 5.32 Å². The molecule has 21 heavy (non-hydrogen) atoms. The zero-order chi connectivity index (χ0) is 15.6. The molecule has 0 spiro atoms. The van der Waals surface area contributed by atoms with Crippen LogP contribution in [0.5, 0.6) is 0 Å². The third-order valence-electron chi connectivity index (χ3n) is 3.21. The third kappa shape index (κ3) is 4.43. The highest BCUT2D eigenvalue weighted by Crippen LogP contribution is 2.27. The Morgan fingerprint density at radius 2 is 2.00 bits per heavy atom.